The first-order valence-corrected chi connectivity index (χ1v) is 5.89. The SMILES string of the molecule is Cn1cc(CC(O)Cc2ccc(F)cc2Cl)nn1. The van der Waals surface area contributed by atoms with Crippen LogP contribution in [0.5, 0.6) is 0 Å². The van der Waals surface area contributed by atoms with Gasteiger partial charge in [0.05, 0.1) is 11.8 Å². The summed E-state index contributed by atoms with van der Waals surface area (Å²) in [6.07, 6.45) is 1.87. The van der Waals surface area contributed by atoms with E-state index in [1.165, 1.54) is 12.1 Å². The van der Waals surface area contributed by atoms with Crippen molar-refractivity contribution in [1.82, 2.24) is 15.0 Å². The van der Waals surface area contributed by atoms with Gasteiger partial charge in [0.2, 0.25) is 0 Å². The number of rotatable bonds is 4. The van der Waals surface area contributed by atoms with Crippen molar-refractivity contribution in [3.63, 3.8) is 0 Å². The van der Waals surface area contributed by atoms with E-state index in [0.717, 1.165) is 5.56 Å². The van der Waals surface area contributed by atoms with Crippen LogP contribution in [0, 0.1) is 5.82 Å². The molecule has 18 heavy (non-hydrogen) atoms. The highest BCUT2D eigenvalue weighted by molar-refractivity contribution is 6.31. The fraction of sp³-hybridized carbons (Fsp3) is 0.333. The predicted octanol–water partition coefficient (Wildman–Crippen LogP) is 1.75. The lowest BCUT2D eigenvalue weighted by Crippen LogP contribution is -2.14. The van der Waals surface area contributed by atoms with Gasteiger partial charge in [-0.1, -0.05) is 22.9 Å². The second-order valence-electron chi connectivity index (χ2n) is 4.18. The highest BCUT2D eigenvalue weighted by atomic mass is 35.5. The van der Waals surface area contributed by atoms with Crippen molar-refractivity contribution in [3.05, 3.63) is 46.5 Å². The molecule has 0 saturated carbocycles. The Morgan fingerprint density at radius 1 is 1.44 bits per heavy atom. The summed E-state index contributed by atoms with van der Waals surface area (Å²) >= 11 is 5.90. The second-order valence-corrected chi connectivity index (χ2v) is 4.59. The fourth-order valence-electron chi connectivity index (χ4n) is 1.74. The number of halogens is 2. The monoisotopic (exact) mass is 269 g/mol. The molecule has 1 aromatic heterocycles. The van der Waals surface area contributed by atoms with Gasteiger partial charge in [0.15, 0.2) is 0 Å². The van der Waals surface area contributed by atoms with Crippen molar-refractivity contribution in [1.29, 1.82) is 0 Å². The lowest BCUT2D eigenvalue weighted by atomic mass is 10.0. The Bertz CT molecular complexity index is 544. The van der Waals surface area contributed by atoms with Crippen LogP contribution in [0.25, 0.3) is 0 Å². The predicted molar refractivity (Wildman–Crippen MR) is 65.8 cm³/mol. The molecule has 6 heteroatoms. The number of aliphatic hydroxyl groups excluding tert-OH is 1. The first kappa shape index (κ1) is 13.0. The van der Waals surface area contributed by atoms with Crippen molar-refractivity contribution in [2.24, 2.45) is 7.05 Å². The van der Waals surface area contributed by atoms with E-state index >= 15 is 0 Å². The van der Waals surface area contributed by atoms with Gasteiger partial charge in [-0.3, -0.25) is 4.68 Å². The van der Waals surface area contributed by atoms with Gasteiger partial charge in [0.25, 0.3) is 0 Å². The van der Waals surface area contributed by atoms with Gasteiger partial charge >= 0.3 is 0 Å². The molecule has 1 N–H and O–H groups in total. The molecule has 0 aliphatic rings. The van der Waals surface area contributed by atoms with Crippen LogP contribution in [0.3, 0.4) is 0 Å². The van der Waals surface area contributed by atoms with E-state index in [1.54, 1.807) is 24.0 Å². The fourth-order valence-corrected chi connectivity index (χ4v) is 1.99. The molecule has 2 rings (SSSR count). The Kier molecular flexibility index (Phi) is 3.93. The zero-order valence-corrected chi connectivity index (χ0v) is 10.6. The topological polar surface area (TPSA) is 50.9 Å². The first-order chi connectivity index (χ1) is 8.54. The third kappa shape index (κ3) is 3.27. The molecule has 0 spiro atoms. The van der Waals surface area contributed by atoms with E-state index < -0.39 is 6.10 Å². The molecule has 1 aromatic carbocycles. The largest absolute Gasteiger partial charge is 0.392 e. The third-order valence-corrected chi connectivity index (χ3v) is 2.92. The Balaban J connectivity index is 2.00. The van der Waals surface area contributed by atoms with Crippen molar-refractivity contribution in [3.8, 4) is 0 Å². The molecule has 0 radical (unpaired) electrons. The number of hydrogen-bond acceptors (Lipinski definition) is 3. The van der Waals surface area contributed by atoms with Crippen LogP contribution in [0.2, 0.25) is 5.02 Å². The Hall–Kier alpha value is -1.46. The molecule has 96 valence electrons. The molecule has 0 bridgehead atoms. The summed E-state index contributed by atoms with van der Waals surface area (Å²) in [7, 11) is 1.76. The summed E-state index contributed by atoms with van der Waals surface area (Å²) in [5.41, 5.74) is 1.43. The normalized spacial score (nSPS) is 12.7. The molecule has 0 aliphatic carbocycles. The molecule has 0 aliphatic heterocycles. The number of nitrogens with zero attached hydrogens (tertiary/aromatic N) is 3. The van der Waals surface area contributed by atoms with E-state index in [9.17, 15) is 9.50 Å². The molecule has 0 saturated heterocycles. The van der Waals surface area contributed by atoms with Crippen LogP contribution in [0.15, 0.2) is 24.4 Å². The van der Waals surface area contributed by atoms with Crippen molar-refractivity contribution >= 4 is 11.6 Å². The molecule has 0 fully saturated rings. The van der Waals surface area contributed by atoms with Crippen molar-refractivity contribution in [2.75, 3.05) is 0 Å². The second kappa shape index (κ2) is 5.46. The Labute approximate surface area is 109 Å². The highest BCUT2D eigenvalue weighted by Gasteiger charge is 2.12. The minimum absolute atomic E-state index is 0.327. The Morgan fingerprint density at radius 2 is 2.22 bits per heavy atom. The third-order valence-electron chi connectivity index (χ3n) is 2.57. The standard InChI is InChI=1S/C12H13ClFN3O/c1-17-7-10(15-16-17)6-11(18)4-8-2-3-9(14)5-12(8)13/h2-3,5,7,11,18H,4,6H2,1H3. The summed E-state index contributed by atoms with van der Waals surface area (Å²) < 4.78 is 14.4. The van der Waals surface area contributed by atoms with Gasteiger partial charge in [-0.05, 0) is 17.7 Å². The molecular weight excluding hydrogens is 257 g/mol. The molecule has 2 aromatic rings. The summed E-state index contributed by atoms with van der Waals surface area (Å²) in [5.74, 6) is -0.382. The number of aromatic nitrogens is 3. The van der Waals surface area contributed by atoms with Crippen molar-refractivity contribution in [2.45, 2.75) is 18.9 Å². The maximum absolute atomic E-state index is 12.9. The average molecular weight is 270 g/mol. The van der Waals surface area contributed by atoms with Gasteiger partial charge in [-0.25, -0.2) is 4.39 Å². The van der Waals surface area contributed by atoms with Crippen LogP contribution in [0.1, 0.15) is 11.3 Å². The van der Waals surface area contributed by atoms with Crippen LogP contribution in [-0.4, -0.2) is 26.2 Å². The minimum atomic E-state index is -0.621. The molecule has 0 amide bonds. The van der Waals surface area contributed by atoms with Gasteiger partial charge < -0.3 is 5.11 Å². The van der Waals surface area contributed by atoms with Crippen LogP contribution in [0.4, 0.5) is 4.39 Å². The van der Waals surface area contributed by atoms with Crippen LogP contribution in [-0.2, 0) is 19.9 Å². The van der Waals surface area contributed by atoms with E-state index in [1.807, 2.05) is 0 Å². The number of aryl methyl sites for hydroxylation is 1. The van der Waals surface area contributed by atoms with Gasteiger partial charge in [0, 0.05) is 31.1 Å². The van der Waals surface area contributed by atoms with Gasteiger partial charge in [-0.15, -0.1) is 5.10 Å². The zero-order chi connectivity index (χ0) is 13.1. The summed E-state index contributed by atoms with van der Waals surface area (Å²) in [5, 5.41) is 17.9. The van der Waals surface area contributed by atoms with E-state index in [4.69, 9.17) is 11.6 Å². The van der Waals surface area contributed by atoms with Gasteiger partial charge in [-0.2, -0.15) is 0 Å². The number of aliphatic hydroxyl groups is 1. The summed E-state index contributed by atoms with van der Waals surface area (Å²) in [6, 6.07) is 4.15. The maximum atomic E-state index is 12.9. The smallest absolute Gasteiger partial charge is 0.124 e. The summed E-state index contributed by atoms with van der Waals surface area (Å²) in [6.45, 7) is 0. The lowest BCUT2D eigenvalue weighted by molar-refractivity contribution is 0.174. The summed E-state index contributed by atoms with van der Waals surface area (Å²) in [4.78, 5) is 0. The number of benzene rings is 1. The zero-order valence-electron chi connectivity index (χ0n) is 9.85. The van der Waals surface area contributed by atoms with E-state index in [2.05, 4.69) is 10.3 Å². The maximum Gasteiger partial charge on any atom is 0.124 e. The minimum Gasteiger partial charge on any atom is -0.392 e. The van der Waals surface area contributed by atoms with E-state index in [-0.39, 0.29) is 5.82 Å². The van der Waals surface area contributed by atoms with Crippen LogP contribution >= 0.6 is 11.6 Å². The molecule has 1 atom stereocenters. The van der Waals surface area contributed by atoms with Gasteiger partial charge in [0.1, 0.15) is 5.82 Å². The number of hydrogen-bond donors (Lipinski definition) is 1. The average Bonchev–Trinajstić information content (AvgIpc) is 2.68. The first-order valence-electron chi connectivity index (χ1n) is 5.52. The molecule has 1 unspecified atom stereocenters. The highest BCUT2D eigenvalue weighted by Crippen LogP contribution is 2.19. The van der Waals surface area contributed by atoms with E-state index in [0.29, 0.717) is 23.6 Å². The molecule has 4 nitrogen and oxygen atoms in total. The lowest BCUT2D eigenvalue weighted by Gasteiger charge is -2.10. The van der Waals surface area contributed by atoms with Crippen molar-refractivity contribution < 1.29 is 9.50 Å². The molecular formula is C12H13ClFN3O. The van der Waals surface area contributed by atoms with Crippen LogP contribution < -0.4 is 0 Å². The molecule has 1 heterocycles. The quantitative estimate of drug-likeness (QED) is 0.920. The Morgan fingerprint density at radius 3 is 2.83 bits per heavy atom.